The van der Waals surface area contributed by atoms with Crippen LogP contribution in [0.3, 0.4) is 0 Å². The molecule has 0 aromatic heterocycles. The molecule has 0 spiro atoms. The van der Waals surface area contributed by atoms with Crippen molar-refractivity contribution in [3.63, 3.8) is 0 Å². The third-order valence-electron chi connectivity index (χ3n) is 5.25. The van der Waals surface area contributed by atoms with Gasteiger partial charge in [0.2, 0.25) is 5.91 Å². The van der Waals surface area contributed by atoms with Crippen molar-refractivity contribution in [1.29, 1.82) is 0 Å². The average Bonchev–Trinajstić information content (AvgIpc) is 2.54. The smallest absolute Gasteiger partial charge is 0.227 e. The van der Waals surface area contributed by atoms with Crippen LogP contribution in [0.5, 0.6) is 5.75 Å². The number of hydrogen-bond acceptors (Lipinski definition) is 2. The maximum absolute atomic E-state index is 12.4. The molecule has 1 aromatic carbocycles. The van der Waals surface area contributed by atoms with Crippen LogP contribution in [0.25, 0.3) is 0 Å². The molecule has 3 heteroatoms. The lowest BCUT2D eigenvalue weighted by Gasteiger charge is -2.31. The van der Waals surface area contributed by atoms with E-state index in [1.165, 1.54) is 19.3 Å². The van der Waals surface area contributed by atoms with Crippen LogP contribution in [0.15, 0.2) is 18.2 Å². The van der Waals surface area contributed by atoms with Crippen molar-refractivity contribution in [2.75, 3.05) is 12.4 Å². The summed E-state index contributed by atoms with van der Waals surface area (Å²) < 4.78 is 5.25. The van der Waals surface area contributed by atoms with Crippen LogP contribution in [0.1, 0.15) is 51.5 Å². The average molecular weight is 303 g/mol. The molecular weight excluding hydrogens is 274 g/mol. The number of nitrogens with one attached hydrogen (secondary N) is 1. The molecule has 1 aromatic rings. The lowest BCUT2D eigenvalue weighted by molar-refractivity contribution is -0.121. The van der Waals surface area contributed by atoms with E-state index in [9.17, 15) is 4.79 Å². The molecule has 0 bridgehead atoms. The number of hydrogen-bond donors (Lipinski definition) is 1. The Balaban J connectivity index is 1.89. The molecule has 0 saturated heterocycles. The summed E-state index contributed by atoms with van der Waals surface area (Å²) >= 11 is 0. The summed E-state index contributed by atoms with van der Waals surface area (Å²) in [5.41, 5.74) is 1.91. The monoisotopic (exact) mass is 303 g/mol. The normalized spacial score (nSPS) is 22.9. The second-order valence-corrected chi connectivity index (χ2v) is 6.67. The van der Waals surface area contributed by atoms with Gasteiger partial charge in [0, 0.05) is 11.6 Å². The van der Waals surface area contributed by atoms with Gasteiger partial charge in [0.05, 0.1) is 7.11 Å². The molecule has 1 N–H and O–H groups in total. The Morgan fingerprint density at radius 1 is 1.32 bits per heavy atom. The van der Waals surface area contributed by atoms with Crippen molar-refractivity contribution >= 4 is 11.6 Å². The van der Waals surface area contributed by atoms with Crippen LogP contribution in [0.4, 0.5) is 5.69 Å². The Morgan fingerprint density at radius 2 is 2.00 bits per heavy atom. The fraction of sp³-hybridized carbons (Fsp3) is 0.632. The summed E-state index contributed by atoms with van der Waals surface area (Å²) in [6.45, 7) is 6.59. The summed E-state index contributed by atoms with van der Waals surface area (Å²) in [7, 11) is 1.66. The van der Waals surface area contributed by atoms with Crippen LogP contribution in [-0.4, -0.2) is 13.0 Å². The fourth-order valence-corrected chi connectivity index (χ4v) is 3.48. The van der Waals surface area contributed by atoms with E-state index in [1.54, 1.807) is 7.11 Å². The molecule has 3 nitrogen and oxygen atoms in total. The van der Waals surface area contributed by atoms with Gasteiger partial charge in [-0.2, -0.15) is 0 Å². The van der Waals surface area contributed by atoms with Gasteiger partial charge >= 0.3 is 0 Å². The van der Waals surface area contributed by atoms with Crippen molar-refractivity contribution in [2.24, 2.45) is 17.8 Å². The summed E-state index contributed by atoms with van der Waals surface area (Å²) in [6, 6.07) is 5.79. The zero-order valence-electron chi connectivity index (χ0n) is 14.3. The predicted octanol–water partition coefficient (Wildman–Crippen LogP) is 4.79. The second kappa shape index (κ2) is 7.66. The van der Waals surface area contributed by atoms with Crippen LogP contribution in [-0.2, 0) is 4.79 Å². The maximum Gasteiger partial charge on any atom is 0.227 e. The summed E-state index contributed by atoms with van der Waals surface area (Å²) in [5, 5.41) is 3.07. The predicted molar refractivity (Wildman–Crippen MR) is 91.3 cm³/mol. The number of carbonyl (C=O) groups excluding carboxylic acids is 1. The van der Waals surface area contributed by atoms with Crippen molar-refractivity contribution < 1.29 is 9.53 Å². The number of anilines is 1. The number of amides is 1. The quantitative estimate of drug-likeness (QED) is 0.849. The first kappa shape index (κ1) is 16.9. The van der Waals surface area contributed by atoms with Gasteiger partial charge < -0.3 is 10.1 Å². The van der Waals surface area contributed by atoms with Gasteiger partial charge in [0.1, 0.15) is 5.75 Å². The van der Waals surface area contributed by atoms with E-state index < -0.39 is 0 Å². The third kappa shape index (κ3) is 4.02. The first-order valence-electron chi connectivity index (χ1n) is 8.50. The molecule has 0 heterocycles. The first-order chi connectivity index (χ1) is 10.5. The minimum atomic E-state index is 0.169. The topological polar surface area (TPSA) is 38.3 Å². The molecule has 1 fully saturated rings. The lowest BCUT2D eigenvalue weighted by atomic mass is 9.75. The first-order valence-corrected chi connectivity index (χ1v) is 8.50. The van der Waals surface area contributed by atoms with Gasteiger partial charge in [-0.15, -0.1) is 0 Å². The maximum atomic E-state index is 12.4. The molecule has 22 heavy (non-hydrogen) atoms. The Labute approximate surface area is 134 Å². The van der Waals surface area contributed by atoms with Crippen LogP contribution in [0, 0.1) is 24.7 Å². The molecule has 122 valence electrons. The minimum Gasteiger partial charge on any atom is -0.496 e. The molecule has 1 unspecified atom stereocenters. The van der Waals surface area contributed by atoms with Crippen molar-refractivity contribution in [3.8, 4) is 5.75 Å². The number of rotatable bonds is 5. The van der Waals surface area contributed by atoms with E-state index in [4.69, 9.17) is 4.74 Å². The van der Waals surface area contributed by atoms with E-state index in [2.05, 4.69) is 19.2 Å². The lowest BCUT2D eigenvalue weighted by Crippen LogP contribution is -2.28. The van der Waals surface area contributed by atoms with Crippen molar-refractivity contribution in [3.05, 3.63) is 23.8 Å². The molecule has 1 saturated carbocycles. The molecular formula is C19H29NO2. The van der Waals surface area contributed by atoms with Gasteiger partial charge in [-0.25, -0.2) is 0 Å². The summed E-state index contributed by atoms with van der Waals surface area (Å²) in [4.78, 5) is 12.4. The zero-order valence-corrected chi connectivity index (χ0v) is 14.3. The highest BCUT2D eigenvalue weighted by molar-refractivity contribution is 5.92. The molecule has 1 atom stereocenters. The van der Waals surface area contributed by atoms with E-state index in [-0.39, 0.29) is 11.8 Å². The summed E-state index contributed by atoms with van der Waals surface area (Å²) in [5.74, 6) is 2.78. The Morgan fingerprint density at radius 3 is 2.55 bits per heavy atom. The minimum absolute atomic E-state index is 0.169. The number of aryl methyl sites for hydroxylation is 1. The number of methoxy groups -OCH3 is 1. The Hall–Kier alpha value is -1.51. The van der Waals surface area contributed by atoms with Crippen LogP contribution >= 0.6 is 0 Å². The largest absolute Gasteiger partial charge is 0.496 e. The highest BCUT2D eigenvalue weighted by Gasteiger charge is 2.28. The SMILES string of the molecule is CCC(C)C1CCC(C(=O)Nc2ccc(OC)c(C)c2)CC1. The van der Waals surface area contributed by atoms with E-state index in [1.807, 2.05) is 25.1 Å². The Bertz CT molecular complexity index is 504. The van der Waals surface area contributed by atoms with Crippen molar-refractivity contribution in [2.45, 2.75) is 52.9 Å². The Kier molecular flexibility index (Phi) is 5.87. The molecule has 0 aliphatic heterocycles. The van der Waals surface area contributed by atoms with Gasteiger partial charge in [-0.3, -0.25) is 4.79 Å². The van der Waals surface area contributed by atoms with Gasteiger partial charge in [0.25, 0.3) is 0 Å². The third-order valence-corrected chi connectivity index (χ3v) is 5.25. The number of benzene rings is 1. The molecule has 0 radical (unpaired) electrons. The van der Waals surface area contributed by atoms with E-state index >= 15 is 0 Å². The molecule has 2 rings (SSSR count). The standard InChI is InChI=1S/C19H29NO2/c1-5-13(2)15-6-8-16(9-7-15)19(21)20-17-10-11-18(22-4)14(3)12-17/h10-13,15-16H,5-9H2,1-4H3,(H,20,21). The van der Waals surface area contributed by atoms with E-state index in [0.29, 0.717) is 0 Å². The highest BCUT2D eigenvalue weighted by atomic mass is 16.5. The van der Waals surface area contributed by atoms with Gasteiger partial charge in [-0.05, 0) is 68.2 Å². The molecule has 1 aliphatic rings. The zero-order chi connectivity index (χ0) is 16.1. The van der Waals surface area contributed by atoms with Crippen LogP contribution in [0.2, 0.25) is 0 Å². The molecule has 1 amide bonds. The summed E-state index contributed by atoms with van der Waals surface area (Å²) in [6.07, 6.45) is 5.67. The molecule has 1 aliphatic carbocycles. The van der Waals surface area contributed by atoms with E-state index in [0.717, 1.165) is 41.7 Å². The number of carbonyl (C=O) groups is 1. The second-order valence-electron chi connectivity index (χ2n) is 6.67. The highest BCUT2D eigenvalue weighted by Crippen LogP contribution is 2.35. The van der Waals surface area contributed by atoms with Gasteiger partial charge in [-0.1, -0.05) is 20.3 Å². The number of ether oxygens (including phenoxy) is 1. The van der Waals surface area contributed by atoms with Crippen molar-refractivity contribution in [1.82, 2.24) is 0 Å². The van der Waals surface area contributed by atoms with Gasteiger partial charge in [0.15, 0.2) is 0 Å². The fourth-order valence-electron chi connectivity index (χ4n) is 3.48. The van der Waals surface area contributed by atoms with Crippen LogP contribution < -0.4 is 10.1 Å².